The van der Waals surface area contributed by atoms with Gasteiger partial charge in [0, 0.05) is 23.2 Å². The number of halogens is 1. The number of sulfonamides is 1. The number of benzene rings is 1. The minimum Gasteiger partial charge on any atom is -0.349 e. The summed E-state index contributed by atoms with van der Waals surface area (Å²) < 4.78 is 26.0. The number of hydrogen-bond donors (Lipinski definition) is 2. The summed E-state index contributed by atoms with van der Waals surface area (Å²) in [6, 6.07) is 6.74. The lowest BCUT2D eigenvalue weighted by molar-refractivity contribution is 0.0951. The lowest BCUT2D eigenvalue weighted by atomic mass is 10.2. The molecular weight excluding hydrogens is 300 g/mol. The second kappa shape index (κ2) is 6.45. The molecule has 5 nitrogen and oxygen atoms in total. The van der Waals surface area contributed by atoms with Crippen molar-refractivity contribution < 1.29 is 13.2 Å². The normalized spacial score (nSPS) is 14.8. The van der Waals surface area contributed by atoms with Crippen molar-refractivity contribution in [3.8, 4) is 0 Å². The van der Waals surface area contributed by atoms with Crippen molar-refractivity contribution in [3.05, 3.63) is 29.8 Å². The van der Waals surface area contributed by atoms with Crippen molar-refractivity contribution in [1.29, 1.82) is 0 Å². The van der Waals surface area contributed by atoms with Crippen LogP contribution in [0.3, 0.4) is 0 Å². The van der Waals surface area contributed by atoms with Gasteiger partial charge in [0.2, 0.25) is 10.0 Å². The van der Waals surface area contributed by atoms with E-state index in [2.05, 4.69) is 10.0 Å². The van der Waals surface area contributed by atoms with Crippen LogP contribution in [0.1, 0.15) is 29.6 Å². The van der Waals surface area contributed by atoms with E-state index in [1.165, 1.54) is 6.07 Å². The van der Waals surface area contributed by atoms with Crippen LogP contribution in [0.25, 0.3) is 0 Å². The molecule has 20 heavy (non-hydrogen) atoms. The van der Waals surface area contributed by atoms with Crippen LogP contribution in [0.5, 0.6) is 0 Å². The van der Waals surface area contributed by atoms with Crippen molar-refractivity contribution in [2.75, 3.05) is 16.4 Å². The molecule has 2 rings (SSSR count). The fourth-order valence-corrected chi connectivity index (χ4v) is 3.10. The first-order valence-corrected chi connectivity index (χ1v) is 8.66. The predicted molar refractivity (Wildman–Crippen MR) is 79.7 cm³/mol. The Labute approximate surface area is 123 Å². The van der Waals surface area contributed by atoms with Gasteiger partial charge in [0.05, 0.1) is 5.75 Å². The van der Waals surface area contributed by atoms with Crippen LogP contribution < -0.4 is 10.0 Å². The Morgan fingerprint density at radius 2 is 2.10 bits per heavy atom. The summed E-state index contributed by atoms with van der Waals surface area (Å²) in [6.45, 7) is 0. The number of rotatable bonds is 7. The van der Waals surface area contributed by atoms with Gasteiger partial charge in [-0.15, -0.1) is 11.6 Å². The maximum absolute atomic E-state index is 11.9. The summed E-state index contributed by atoms with van der Waals surface area (Å²) in [6.07, 6.45) is 2.41. The molecule has 0 aliphatic heterocycles. The van der Waals surface area contributed by atoms with Crippen LogP contribution >= 0.6 is 11.6 Å². The maximum atomic E-state index is 11.9. The van der Waals surface area contributed by atoms with E-state index in [1.54, 1.807) is 18.2 Å². The molecule has 1 aromatic carbocycles. The molecule has 2 N–H and O–H groups in total. The van der Waals surface area contributed by atoms with Crippen LogP contribution in [-0.2, 0) is 10.0 Å². The monoisotopic (exact) mass is 316 g/mol. The van der Waals surface area contributed by atoms with Crippen LogP contribution in [0.2, 0.25) is 0 Å². The summed E-state index contributed by atoms with van der Waals surface area (Å²) in [5.41, 5.74) is 0.845. The number of anilines is 1. The van der Waals surface area contributed by atoms with Gasteiger partial charge in [-0.2, -0.15) is 0 Å². The molecule has 0 unspecified atom stereocenters. The highest BCUT2D eigenvalue weighted by atomic mass is 35.5. The first-order valence-electron chi connectivity index (χ1n) is 6.47. The lowest BCUT2D eigenvalue weighted by Gasteiger charge is -2.09. The average molecular weight is 317 g/mol. The first-order chi connectivity index (χ1) is 9.50. The number of amides is 1. The van der Waals surface area contributed by atoms with Gasteiger partial charge in [0.25, 0.3) is 5.91 Å². The predicted octanol–water partition coefficient (Wildman–Crippen LogP) is 1.95. The summed E-state index contributed by atoms with van der Waals surface area (Å²) >= 11 is 5.49. The molecule has 0 atom stereocenters. The fraction of sp³-hybridized carbons (Fsp3) is 0.462. The third-order valence-electron chi connectivity index (χ3n) is 2.86. The Morgan fingerprint density at radius 3 is 2.75 bits per heavy atom. The molecule has 0 aromatic heterocycles. The van der Waals surface area contributed by atoms with E-state index < -0.39 is 10.0 Å². The molecule has 1 aliphatic rings. The highest BCUT2D eigenvalue weighted by Crippen LogP contribution is 2.20. The van der Waals surface area contributed by atoms with Crippen molar-refractivity contribution in [2.45, 2.75) is 25.3 Å². The van der Waals surface area contributed by atoms with E-state index in [0.717, 1.165) is 12.8 Å². The van der Waals surface area contributed by atoms with E-state index in [1.807, 2.05) is 0 Å². The molecule has 0 spiro atoms. The zero-order valence-corrected chi connectivity index (χ0v) is 12.5. The van der Waals surface area contributed by atoms with E-state index >= 15 is 0 Å². The van der Waals surface area contributed by atoms with Gasteiger partial charge in [0.15, 0.2) is 0 Å². The van der Waals surface area contributed by atoms with Crippen molar-refractivity contribution >= 4 is 33.2 Å². The standard InChI is InChI=1S/C13H17ClN2O3S/c14-7-2-8-20(18,19)16-12-4-1-3-10(9-12)13(17)15-11-5-6-11/h1,3-4,9,11,16H,2,5-8H2,(H,15,17). The molecule has 0 saturated heterocycles. The Balaban J connectivity index is 2.03. The van der Waals surface area contributed by atoms with E-state index in [-0.39, 0.29) is 17.7 Å². The SMILES string of the molecule is O=C(NC1CC1)c1cccc(NS(=O)(=O)CCCCl)c1. The molecule has 1 amide bonds. The van der Waals surface area contributed by atoms with Crippen molar-refractivity contribution in [1.82, 2.24) is 5.32 Å². The number of carbonyl (C=O) groups excluding carboxylic acids is 1. The zero-order valence-electron chi connectivity index (χ0n) is 10.9. The highest BCUT2D eigenvalue weighted by Gasteiger charge is 2.23. The smallest absolute Gasteiger partial charge is 0.251 e. The second-order valence-corrected chi connectivity index (χ2v) is 7.01. The minimum absolute atomic E-state index is 0.0327. The fourth-order valence-electron chi connectivity index (χ4n) is 1.70. The van der Waals surface area contributed by atoms with E-state index in [9.17, 15) is 13.2 Å². The Hall–Kier alpha value is -1.27. The Kier molecular flexibility index (Phi) is 4.88. The van der Waals surface area contributed by atoms with Gasteiger partial charge in [-0.05, 0) is 37.5 Å². The topological polar surface area (TPSA) is 75.3 Å². The molecule has 1 saturated carbocycles. The number of carbonyl (C=O) groups is 1. The largest absolute Gasteiger partial charge is 0.349 e. The van der Waals surface area contributed by atoms with Gasteiger partial charge in [-0.3, -0.25) is 9.52 Å². The van der Waals surface area contributed by atoms with E-state index in [4.69, 9.17) is 11.6 Å². The Bertz CT molecular complexity index is 585. The zero-order chi connectivity index (χ0) is 14.6. The lowest BCUT2D eigenvalue weighted by Crippen LogP contribution is -2.25. The molecule has 0 radical (unpaired) electrons. The Morgan fingerprint density at radius 1 is 1.35 bits per heavy atom. The maximum Gasteiger partial charge on any atom is 0.251 e. The van der Waals surface area contributed by atoms with Crippen LogP contribution in [0.4, 0.5) is 5.69 Å². The van der Waals surface area contributed by atoms with Crippen LogP contribution in [-0.4, -0.2) is 32.0 Å². The van der Waals surface area contributed by atoms with Gasteiger partial charge in [-0.25, -0.2) is 8.42 Å². The van der Waals surface area contributed by atoms with Crippen LogP contribution in [0.15, 0.2) is 24.3 Å². The number of hydrogen-bond acceptors (Lipinski definition) is 3. The summed E-state index contributed by atoms with van der Waals surface area (Å²) in [5.74, 6) is 0.0917. The summed E-state index contributed by atoms with van der Waals surface area (Å²) in [4.78, 5) is 11.9. The van der Waals surface area contributed by atoms with Gasteiger partial charge in [-0.1, -0.05) is 6.07 Å². The quantitative estimate of drug-likeness (QED) is 0.755. The molecule has 1 fully saturated rings. The molecule has 1 aliphatic carbocycles. The molecule has 1 aromatic rings. The molecular formula is C13H17ClN2O3S. The van der Waals surface area contributed by atoms with Crippen molar-refractivity contribution in [2.24, 2.45) is 0 Å². The number of nitrogens with one attached hydrogen (secondary N) is 2. The highest BCUT2D eigenvalue weighted by molar-refractivity contribution is 7.92. The molecule has 0 bridgehead atoms. The molecule has 7 heteroatoms. The van der Waals surface area contributed by atoms with Gasteiger partial charge >= 0.3 is 0 Å². The second-order valence-electron chi connectivity index (χ2n) is 4.79. The first kappa shape index (κ1) is 15.1. The number of alkyl halides is 1. The third kappa shape index (κ3) is 4.68. The summed E-state index contributed by atoms with van der Waals surface area (Å²) in [7, 11) is -3.42. The molecule has 0 heterocycles. The van der Waals surface area contributed by atoms with Gasteiger partial charge in [0.1, 0.15) is 0 Å². The third-order valence-corrected chi connectivity index (χ3v) is 4.50. The summed E-state index contributed by atoms with van der Waals surface area (Å²) in [5, 5.41) is 2.86. The average Bonchev–Trinajstić information content (AvgIpc) is 3.20. The van der Waals surface area contributed by atoms with Crippen LogP contribution in [0, 0.1) is 0 Å². The minimum atomic E-state index is -3.42. The van der Waals surface area contributed by atoms with Crippen molar-refractivity contribution in [3.63, 3.8) is 0 Å². The molecule has 110 valence electrons. The van der Waals surface area contributed by atoms with Gasteiger partial charge < -0.3 is 5.32 Å². The van der Waals surface area contributed by atoms with E-state index in [0.29, 0.717) is 23.6 Å².